The van der Waals surface area contributed by atoms with Crippen LogP contribution in [0.3, 0.4) is 0 Å². The van der Waals surface area contributed by atoms with Gasteiger partial charge in [0, 0.05) is 0 Å². The van der Waals surface area contributed by atoms with Crippen molar-refractivity contribution in [2.75, 3.05) is 27.4 Å². The van der Waals surface area contributed by atoms with Crippen molar-refractivity contribution in [1.29, 1.82) is 0 Å². The van der Waals surface area contributed by atoms with Crippen molar-refractivity contribution in [1.82, 2.24) is 0 Å². The SMILES string of the molecule is COc1ccc(OC)c(C(F)(F)COCC(=O)O)c1. The van der Waals surface area contributed by atoms with Crippen LogP contribution in [0.5, 0.6) is 11.5 Å². The zero-order chi connectivity index (χ0) is 14.5. The predicted molar refractivity (Wildman–Crippen MR) is 61.9 cm³/mol. The maximum atomic E-state index is 13.9. The number of carboxylic acids is 1. The van der Waals surface area contributed by atoms with E-state index in [2.05, 4.69) is 4.74 Å². The monoisotopic (exact) mass is 276 g/mol. The summed E-state index contributed by atoms with van der Waals surface area (Å²) in [5, 5.41) is 8.35. The van der Waals surface area contributed by atoms with Gasteiger partial charge in [-0.3, -0.25) is 0 Å². The van der Waals surface area contributed by atoms with Crippen molar-refractivity contribution >= 4 is 5.97 Å². The number of carbonyl (C=O) groups is 1. The van der Waals surface area contributed by atoms with Gasteiger partial charge in [0.2, 0.25) is 0 Å². The van der Waals surface area contributed by atoms with Gasteiger partial charge in [-0.15, -0.1) is 0 Å². The van der Waals surface area contributed by atoms with Crippen LogP contribution in [0, 0.1) is 0 Å². The van der Waals surface area contributed by atoms with Crippen LogP contribution in [0.1, 0.15) is 5.56 Å². The Kier molecular flexibility index (Phi) is 5.05. The number of hydrogen-bond donors (Lipinski definition) is 1. The van der Waals surface area contributed by atoms with E-state index in [0.29, 0.717) is 0 Å². The molecule has 0 heterocycles. The third kappa shape index (κ3) is 4.06. The van der Waals surface area contributed by atoms with Crippen molar-refractivity contribution in [2.24, 2.45) is 0 Å². The van der Waals surface area contributed by atoms with Gasteiger partial charge in [-0.25, -0.2) is 4.79 Å². The van der Waals surface area contributed by atoms with Crippen LogP contribution in [-0.2, 0) is 15.5 Å². The molecule has 0 radical (unpaired) electrons. The number of rotatable bonds is 7. The quantitative estimate of drug-likeness (QED) is 0.824. The maximum Gasteiger partial charge on any atom is 0.329 e. The van der Waals surface area contributed by atoms with Gasteiger partial charge in [0.25, 0.3) is 5.92 Å². The van der Waals surface area contributed by atoms with Crippen LogP contribution in [0.25, 0.3) is 0 Å². The highest BCUT2D eigenvalue weighted by Crippen LogP contribution is 2.37. The van der Waals surface area contributed by atoms with E-state index in [1.54, 1.807) is 0 Å². The number of aliphatic carboxylic acids is 1. The Morgan fingerprint density at radius 1 is 1.32 bits per heavy atom. The Bertz CT molecular complexity index is 448. The second-order valence-corrected chi connectivity index (χ2v) is 3.66. The molecule has 0 bridgehead atoms. The standard InChI is InChI=1S/C12H14F2O5/c1-17-8-3-4-10(18-2)9(5-8)12(13,14)7-19-6-11(15)16/h3-5H,6-7H2,1-2H3,(H,15,16). The van der Waals surface area contributed by atoms with E-state index in [1.165, 1.54) is 26.4 Å². The number of halogens is 2. The molecular weight excluding hydrogens is 262 g/mol. The molecule has 0 fully saturated rings. The number of benzene rings is 1. The molecule has 1 rings (SSSR count). The van der Waals surface area contributed by atoms with Crippen molar-refractivity contribution < 1.29 is 32.9 Å². The minimum atomic E-state index is -3.38. The van der Waals surface area contributed by atoms with Crippen molar-refractivity contribution in [3.63, 3.8) is 0 Å². The molecule has 1 aromatic rings. The molecule has 0 atom stereocenters. The fraction of sp³-hybridized carbons (Fsp3) is 0.417. The molecule has 0 amide bonds. The Hall–Kier alpha value is -1.89. The summed E-state index contributed by atoms with van der Waals surface area (Å²) in [5.74, 6) is -4.47. The molecule has 106 valence electrons. The Morgan fingerprint density at radius 3 is 2.53 bits per heavy atom. The van der Waals surface area contributed by atoms with Crippen molar-refractivity contribution in [2.45, 2.75) is 5.92 Å². The van der Waals surface area contributed by atoms with Gasteiger partial charge in [-0.2, -0.15) is 8.78 Å². The highest BCUT2D eigenvalue weighted by Gasteiger charge is 2.36. The second-order valence-electron chi connectivity index (χ2n) is 3.66. The Balaban J connectivity index is 2.94. The van der Waals surface area contributed by atoms with Crippen molar-refractivity contribution in [3.05, 3.63) is 23.8 Å². The summed E-state index contributed by atoms with van der Waals surface area (Å²) in [7, 11) is 2.62. The molecule has 0 spiro atoms. The number of methoxy groups -OCH3 is 2. The van der Waals surface area contributed by atoms with E-state index in [1.807, 2.05) is 0 Å². The molecule has 1 aromatic carbocycles. The summed E-state index contributed by atoms with van der Waals surface area (Å²) in [6.07, 6.45) is 0. The number of ether oxygens (including phenoxy) is 3. The second kappa shape index (κ2) is 6.33. The van der Waals surface area contributed by atoms with Gasteiger partial charge in [-0.05, 0) is 18.2 Å². The van der Waals surface area contributed by atoms with Crippen LogP contribution in [0.15, 0.2) is 18.2 Å². The summed E-state index contributed by atoms with van der Waals surface area (Å²) in [4.78, 5) is 10.2. The lowest BCUT2D eigenvalue weighted by Crippen LogP contribution is -2.24. The first kappa shape index (κ1) is 15.2. The molecule has 19 heavy (non-hydrogen) atoms. The molecule has 7 heteroatoms. The summed E-state index contributed by atoms with van der Waals surface area (Å²) >= 11 is 0. The largest absolute Gasteiger partial charge is 0.497 e. The first-order chi connectivity index (χ1) is 8.90. The summed E-state index contributed by atoms with van der Waals surface area (Å²) in [6, 6.07) is 3.96. The first-order valence-corrected chi connectivity index (χ1v) is 5.30. The molecule has 0 saturated heterocycles. The molecular formula is C12H14F2O5. The summed E-state index contributed by atoms with van der Waals surface area (Å²) in [5.41, 5.74) is -0.417. The number of carboxylic acid groups (broad SMARTS) is 1. The topological polar surface area (TPSA) is 65.0 Å². The highest BCUT2D eigenvalue weighted by molar-refractivity contribution is 5.68. The zero-order valence-electron chi connectivity index (χ0n) is 10.5. The maximum absolute atomic E-state index is 13.9. The lowest BCUT2D eigenvalue weighted by molar-refractivity contribution is -0.147. The Morgan fingerprint density at radius 2 is 2.00 bits per heavy atom. The first-order valence-electron chi connectivity index (χ1n) is 5.30. The summed E-state index contributed by atoms with van der Waals surface area (Å²) in [6.45, 7) is -1.84. The van der Waals surface area contributed by atoms with Gasteiger partial charge < -0.3 is 19.3 Å². The Labute approximate surface area is 108 Å². The van der Waals surface area contributed by atoms with E-state index < -0.39 is 30.7 Å². The smallest absolute Gasteiger partial charge is 0.329 e. The van der Waals surface area contributed by atoms with Gasteiger partial charge in [0.15, 0.2) is 0 Å². The highest BCUT2D eigenvalue weighted by atomic mass is 19.3. The molecule has 0 unspecified atom stereocenters. The fourth-order valence-corrected chi connectivity index (χ4v) is 1.44. The molecule has 0 aliphatic carbocycles. The van der Waals surface area contributed by atoms with E-state index in [4.69, 9.17) is 14.6 Å². The van der Waals surface area contributed by atoms with E-state index >= 15 is 0 Å². The molecule has 1 N–H and O–H groups in total. The normalized spacial score (nSPS) is 11.2. The fourth-order valence-electron chi connectivity index (χ4n) is 1.44. The van der Waals surface area contributed by atoms with Gasteiger partial charge >= 0.3 is 5.97 Å². The number of alkyl halides is 2. The zero-order valence-corrected chi connectivity index (χ0v) is 10.5. The van der Waals surface area contributed by atoms with E-state index in [0.717, 1.165) is 6.07 Å². The van der Waals surface area contributed by atoms with Gasteiger partial charge in [-0.1, -0.05) is 0 Å². The number of hydrogen-bond acceptors (Lipinski definition) is 4. The van der Waals surface area contributed by atoms with E-state index in [-0.39, 0.29) is 11.5 Å². The molecule has 0 aliphatic heterocycles. The third-order valence-electron chi connectivity index (χ3n) is 2.31. The summed E-state index contributed by atoms with van der Waals surface area (Å²) < 4.78 is 42.0. The minimum Gasteiger partial charge on any atom is -0.497 e. The minimum absolute atomic E-state index is 0.0234. The average molecular weight is 276 g/mol. The molecule has 0 aromatic heterocycles. The molecule has 5 nitrogen and oxygen atoms in total. The van der Waals surface area contributed by atoms with Crippen LogP contribution in [0.2, 0.25) is 0 Å². The van der Waals surface area contributed by atoms with Crippen LogP contribution >= 0.6 is 0 Å². The predicted octanol–water partition coefficient (Wildman–Crippen LogP) is 1.90. The third-order valence-corrected chi connectivity index (χ3v) is 2.31. The van der Waals surface area contributed by atoms with Crippen LogP contribution in [-0.4, -0.2) is 38.5 Å². The van der Waals surface area contributed by atoms with Gasteiger partial charge in [0.05, 0.1) is 19.8 Å². The molecule has 0 saturated carbocycles. The van der Waals surface area contributed by atoms with Gasteiger partial charge in [0.1, 0.15) is 24.7 Å². The lowest BCUT2D eigenvalue weighted by atomic mass is 10.1. The van der Waals surface area contributed by atoms with Crippen LogP contribution in [0.4, 0.5) is 8.78 Å². The lowest BCUT2D eigenvalue weighted by Gasteiger charge is -2.19. The van der Waals surface area contributed by atoms with Crippen molar-refractivity contribution in [3.8, 4) is 11.5 Å². The van der Waals surface area contributed by atoms with Crippen LogP contribution < -0.4 is 9.47 Å². The molecule has 0 aliphatic rings. The van der Waals surface area contributed by atoms with E-state index in [9.17, 15) is 13.6 Å². The average Bonchev–Trinajstić information content (AvgIpc) is 2.37.